The highest BCUT2D eigenvalue weighted by Crippen LogP contribution is 2.23. The van der Waals surface area contributed by atoms with E-state index in [-0.39, 0.29) is 5.92 Å². The van der Waals surface area contributed by atoms with E-state index in [4.69, 9.17) is 5.11 Å². The van der Waals surface area contributed by atoms with Gasteiger partial charge in [-0.05, 0) is 43.0 Å². The van der Waals surface area contributed by atoms with Crippen molar-refractivity contribution in [2.75, 3.05) is 0 Å². The van der Waals surface area contributed by atoms with Gasteiger partial charge in [-0.15, -0.1) is 0 Å². The maximum absolute atomic E-state index is 10.7. The van der Waals surface area contributed by atoms with Gasteiger partial charge in [-0.1, -0.05) is 28.9 Å². The molecule has 0 saturated heterocycles. The molecule has 15 heavy (non-hydrogen) atoms. The number of hydrogen-bond acceptors (Lipinski definition) is 1. The third-order valence-corrected chi connectivity index (χ3v) is 3.45. The Balaban J connectivity index is 2.92. The molecule has 0 fully saturated rings. The molecule has 0 bridgehead atoms. The molecule has 1 aromatic rings. The molecule has 0 aliphatic heterocycles. The largest absolute Gasteiger partial charge is 0.481 e. The van der Waals surface area contributed by atoms with Gasteiger partial charge in [-0.25, -0.2) is 0 Å². The zero-order valence-electron chi connectivity index (χ0n) is 9.17. The maximum atomic E-state index is 10.7. The summed E-state index contributed by atoms with van der Waals surface area (Å²) < 4.78 is 1.05. The molecule has 1 N–H and O–H groups in total. The minimum atomic E-state index is -0.746. The molecule has 0 spiro atoms. The number of carbonyl (C=O) groups is 1. The second kappa shape index (κ2) is 4.79. The summed E-state index contributed by atoms with van der Waals surface area (Å²) in [6, 6.07) is 4.06. The Hall–Kier alpha value is -0.830. The van der Waals surface area contributed by atoms with Crippen molar-refractivity contribution in [2.45, 2.75) is 27.2 Å². The van der Waals surface area contributed by atoms with Crippen molar-refractivity contribution >= 4 is 21.9 Å². The van der Waals surface area contributed by atoms with Gasteiger partial charge < -0.3 is 5.11 Å². The standard InChI is InChI=1S/C12H15BrO2/c1-7-4-10(5-8(2)12(14)15)6-11(13)9(7)3/h4,6,8H,5H2,1-3H3,(H,14,15). The summed E-state index contributed by atoms with van der Waals surface area (Å²) in [6.07, 6.45) is 0.578. The minimum Gasteiger partial charge on any atom is -0.481 e. The topological polar surface area (TPSA) is 37.3 Å². The first-order valence-corrected chi connectivity index (χ1v) is 5.69. The van der Waals surface area contributed by atoms with Crippen molar-refractivity contribution in [1.82, 2.24) is 0 Å². The molecule has 2 nitrogen and oxygen atoms in total. The molecule has 1 unspecified atom stereocenters. The minimum absolute atomic E-state index is 0.334. The average Bonchev–Trinajstić information content (AvgIpc) is 2.13. The number of benzene rings is 1. The summed E-state index contributed by atoms with van der Waals surface area (Å²) in [5.41, 5.74) is 3.47. The second-order valence-electron chi connectivity index (χ2n) is 3.96. The summed E-state index contributed by atoms with van der Waals surface area (Å²) in [5.74, 6) is -1.08. The number of aliphatic carboxylic acids is 1. The average molecular weight is 271 g/mol. The van der Waals surface area contributed by atoms with Crippen LogP contribution in [0.25, 0.3) is 0 Å². The van der Waals surface area contributed by atoms with E-state index >= 15 is 0 Å². The zero-order chi connectivity index (χ0) is 11.6. The molecule has 0 aliphatic carbocycles. The van der Waals surface area contributed by atoms with Crippen LogP contribution in [0.15, 0.2) is 16.6 Å². The van der Waals surface area contributed by atoms with Crippen LogP contribution in [0.5, 0.6) is 0 Å². The Morgan fingerprint density at radius 2 is 2.07 bits per heavy atom. The van der Waals surface area contributed by atoms with Crippen LogP contribution in [0, 0.1) is 19.8 Å². The molecule has 0 amide bonds. The number of hydrogen-bond donors (Lipinski definition) is 1. The highest BCUT2D eigenvalue weighted by Gasteiger charge is 2.12. The first-order chi connectivity index (χ1) is 6.91. The highest BCUT2D eigenvalue weighted by atomic mass is 79.9. The van der Waals surface area contributed by atoms with Crippen molar-refractivity contribution in [1.29, 1.82) is 0 Å². The normalized spacial score (nSPS) is 12.5. The lowest BCUT2D eigenvalue weighted by Gasteiger charge is -2.10. The second-order valence-corrected chi connectivity index (χ2v) is 4.82. The molecule has 82 valence electrons. The third kappa shape index (κ3) is 3.06. The van der Waals surface area contributed by atoms with Gasteiger partial charge in [0.1, 0.15) is 0 Å². The SMILES string of the molecule is Cc1cc(CC(C)C(=O)O)cc(Br)c1C. The quantitative estimate of drug-likeness (QED) is 0.915. The summed E-state index contributed by atoms with van der Waals surface area (Å²) in [7, 11) is 0. The number of carboxylic acids is 1. The Labute approximate surface area is 98.4 Å². The number of rotatable bonds is 3. The monoisotopic (exact) mass is 270 g/mol. The Morgan fingerprint density at radius 1 is 1.47 bits per heavy atom. The molecular weight excluding hydrogens is 256 g/mol. The van der Waals surface area contributed by atoms with Crippen LogP contribution in [0.4, 0.5) is 0 Å². The Bertz CT molecular complexity index is 362. The molecule has 0 saturated carbocycles. The fourth-order valence-corrected chi connectivity index (χ4v) is 2.05. The predicted molar refractivity (Wildman–Crippen MR) is 64.1 cm³/mol. The van der Waals surface area contributed by atoms with Crippen molar-refractivity contribution in [3.05, 3.63) is 33.3 Å². The van der Waals surface area contributed by atoms with Gasteiger partial charge in [-0.2, -0.15) is 0 Å². The molecule has 1 atom stereocenters. The van der Waals surface area contributed by atoms with Gasteiger partial charge in [0.15, 0.2) is 0 Å². The maximum Gasteiger partial charge on any atom is 0.306 e. The van der Waals surface area contributed by atoms with Crippen molar-refractivity contribution in [2.24, 2.45) is 5.92 Å². The van der Waals surface area contributed by atoms with Crippen LogP contribution in [0.2, 0.25) is 0 Å². The van der Waals surface area contributed by atoms with Gasteiger partial charge >= 0.3 is 5.97 Å². The molecule has 1 aromatic carbocycles. The molecule has 1 rings (SSSR count). The van der Waals surface area contributed by atoms with Crippen molar-refractivity contribution in [3.8, 4) is 0 Å². The van der Waals surface area contributed by atoms with Crippen molar-refractivity contribution in [3.63, 3.8) is 0 Å². The Morgan fingerprint density at radius 3 is 2.53 bits per heavy atom. The van der Waals surface area contributed by atoms with Gasteiger partial charge in [0.2, 0.25) is 0 Å². The summed E-state index contributed by atoms with van der Waals surface area (Å²) >= 11 is 3.48. The fraction of sp³-hybridized carbons (Fsp3) is 0.417. The van der Waals surface area contributed by atoms with E-state index in [1.807, 2.05) is 19.9 Å². The fourth-order valence-electron chi connectivity index (χ4n) is 1.45. The molecule has 0 radical (unpaired) electrons. The summed E-state index contributed by atoms with van der Waals surface area (Å²) in [5, 5.41) is 8.82. The molecule has 0 heterocycles. The molecule has 3 heteroatoms. The molecule has 0 aromatic heterocycles. The van der Waals surface area contributed by atoms with Crippen LogP contribution in [-0.4, -0.2) is 11.1 Å². The Kier molecular flexibility index (Phi) is 3.91. The van der Waals surface area contributed by atoms with E-state index in [2.05, 4.69) is 22.0 Å². The van der Waals surface area contributed by atoms with E-state index in [0.717, 1.165) is 10.0 Å². The van der Waals surface area contributed by atoms with Crippen LogP contribution in [-0.2, 0) is 11.2 Å². The van der Waals surface area contributed by atoms with E-state index in [0.29, 0.717) is 6.42 Å². The van der Waals surface area contributed by atoms with Gasteiger partial charge in [0.25, 0.3) is 0 Å². The summed E-state index contributed by atoms with van der Waals surface area (Å²) in [6.45, 7) is 5.81. The molecule has 0 aliphatic rings. The molecular formula is C12H15BrO2. The third-order valence-electron chi connectivity index (χ3n) is 2.63. The van der Waals surface area contributed by atoms with E-state index in [9.17, 15) is 4.79 Å². The first kappa shape index (κ1) is 12.2. The predicted octanol–water partition coefficient (Wildman–Crippen LogP) is 3.33. The van der Waals surface area contributed by atoms with Crippen LogP contribution < -0.4 is 0 Å². The lowest BCUT2D eigenvalue weighted by atomic mass is 9.98. The zero-order valence-corrected chi connectivity index (χ0v) is 10.8. The highest BCUT2D eigenvalue weighted by molar-refractivity contribution is 9.10. The van der Waals surface area contributed by atoms with Crippen LogP contribution in [0.3, 0.4) is 0 Å². The van der Waals surface area contributed by atoms with Crippen LogP contribution >= 0.6 is 15.9 Å². The van der Waals surface area contributed by atoms with E-state index in [1.54, 1.807) is 6.92 Å². The van der Waals surface area contributed by atoms with E-state index < -0.39 is 5.97 Å². The number of aryl methyl sites for hydroxylation is 1. The number of halogens is 1. The van der Waals surface area contributed by atoms with E-state index in [1.165, 1.54) is 11.1 Å². The lowest BCUT2D eigenvalue weighted by Crippen LogP contribution is -2.12. The van der Waals surface area contributed by atoms with Crippen molar-refractivity contribution < 1.29 is 9.90 Å². The summed E-state index contributed by atoms with van der Waals surface area (Å²) in [4.78, 5) is 10.7. The van der Waals surface area contributed by atoms with Gasteiger partial charge in [0, 0.05) is 4.47 Å². The number of carboxylic acid groups (broad SMARTS) is 1. The van der Waals surface area contributed by atoms with Crippen LogP contribution in [0.1, 0.15) is 23.6 Å². The first-order valence-electron chi connectivity index (χ1n) is 4.90. The smallest absolute Gasteiger partial charge is 0.306 e. The van der Waals surface area contributed by atoms with Gasteiger partial charge in [0.05, 0.1) is 5.92 Å². The lowest BCUT2D eigenvalue weighted by molar-refractivity contribution is -0.141. The van der Waals surface area contributed by atoms with Gasteiger partial charge in [-0.3, -0.25) is 4.79 Å².